The number of rotatable bonds is 5. The summed E-state index contributed by atoms with van der Waals surface area (Å²) in [7, 11) is -4.10. The van der Waals surface area contributed by atoms with E-state index in [9.17, 15) is 13.2 Å². The van der Waals surface area contributed by atoms with E-state index in [1.165, 1.54) is 0 Å². The number of amides is 1. The van der Waals surface area contributed by atoms with Crippen molar-refractivity contribution in [3.8, 4) is 0 Å². The van der Waals surface area contributed by atoms with Crippen LogP contribution in [0, 0.1) is 16.2 Å². The maximum Gasteiger partial charge on any atom is 0.266 e. The molecule has 0 aliphatic carbocycles. The molecule has 0 saturated carbocycles. The van der Waals surface area contributed by atoms with Crippen LogP contribution in [0.2, 0.25) is 0 Å². The minimum atomic E-state index is -4.10. The number of nitrogens with one attached hydrogen (secondary N) is 1. The van der Waals surface area contributed by atoms with E-state index >= 15 is 0 Å². The monoisotopic (exact) mass is 321 g/mol. The van der Waals surface area contributed by atoms with Crippen molar-refractivity contribution in [2.45, 2.75) is 67.9 Å². The van der Waals surface area contributed by atoms with Crippen LogP contribution in [0.3, 0.4) is 0 Å². The average molecular weight is 321 g/mol. The molecule has 1 amide bonds. The third-order valence-electron chi connectivity index (χ3n) is 3.88. The Morgan fingerprint density at radius 1 is 1.10 bits per heavy atom. The van der Waals surface area contributed by atoms with E-state index < -0.39 is 27.3 Å². The van der Waals surface area contributed by atoms with Crippen LogP contribution in [0.5, 0.6) is 0 Å². The Labute approximate surface area is 129 Å². The van der Waals surface area contributed by atoms with Gasteiger partial charge in [-0.2, -0.15) is 8.42 Å². The van der Waals surface area contributed by atoms with Crippen molar-refractivity contribution < 1.29 is 17.8 Å². The SMILES string of the molecule is CC(CS(=O)(=O)O)NC(=O)C(C)(CC(C)(C)C)C(C)(C)C. The Balaban J connectivity index is 5.25. The Morgan fingerprint density at radius 2 is 1.52 bits per heavy atom. The van der Waals surface area contributed by atoms with Crippen LogP contribution >= 0.6 is 0 Å². The third kappa shape index (κ3) is 6.78. The lowest BCUT2D eigenvalue weighted by Crippen LogP contribution is -2.52. The molecule has 0 aromatic carbocycles. The first-order chi connectivity index (χ1) is 8.98. The highest BCUT2D eigenvalue weighted by Gasteiger charge is 2.46. The summed E-state index contributed by atoms with van der Waals surface area (Å²) in [4.78, 5) is 12.7. The fourth-order valence-electron chi connectivity index (χ4n) is 2.49. The van der Waals surface area contributed by atoms with Crippen LogP contribution in [0.15, 0.2) is 0 Å². The minimum Gasteiger partial charge on any atom is -0.352 e. The van der Waals surface area contributed by atoms with Crippen molar-refractivity contribution in [1.29, 1.82) is 0 Å². The largest absolute Gasteiger partial charge is 0.352 e. The highest BCUT2D eigenvalue weighted by molar-refractivity contribution is 7.85. The Bertz CT molecular complexity index is 471. The first-order valence-electron chi connectivity index (χ1n) is 7.24. The van der Waals surface area contributed by atoms with Gasteiger partial charge in [0, 0.05) is 6.04 Å². The predicted molar refractivity (Wildman–Crippen MR) is 85.7 cm³/mol. The van der Waals surface area contributed by atoms with Crippen LogP contribution in [0.25, 0.3) is 0 Å². The van der Waals surface area contributed by atoms with Gasteiger partial charge < -0.3 is 5.32 Å². The van der Waals surface area contributed by atoms with E-state index in [0.29, 0.717) is 6.42 Å². The van der Waals surface area contributed by atoms with Crippen LogP contribution in [0.1, 0.15) is 61.8 Å². The lowest BCUT2D eigenvalue weighted by Gasteiger charge is -2.44. The molecule has 2 unspecified atom stereocenters. The quantitative estimate of drug-likeness (QED) is 0.763. The summed E-state index contributed by atoms with van der Waals surface area (Å²) in [6, 6.07) is -0.630. The van der Waals surface area contributed by atoms with Crippen molar-refractivity contribution in [2.75, 3.05) is 5.75 Å². The molecule has 0 heterocycles. The highest BCUT2D eigenvalue weighted by atomic mass is 32.2. The van der Waals surface area contributed by atoms with Gasteiger partial charge in [-0.25, -0.2) is 0 Å². The number of hydrogen-bond acceptors (Lipinski definition) is 3. The van der Waals surface area contributed by atoms with Crippen LogP contribution in [-0.2, 0) is 14.9 Å². The normalized spacial score (nSPS) is 18.0. The molecule has 0 aliphatic rings. The summed E-state index contributed by atoms with van der Waals surface area (Å²) >= 11 is 0. The van der Waals surface area contributed by atoms with Gasteiger partial charge in [0.2, 0.25) is 5.91 Å². The Morgan fingerprint density at radius 3 is 1.81 bits per heavy atom. The van der Waals surface area contributed by atoms with Crippen molar-refractivity contribution in [3.05, 3.63) is 0 Å². The molecule has 0 spiro atoms. The standard InChI is InChI=1S/C15H31NO4S/c1-11(9-21(18,19)20)16-12(17)15(8,14(5,6)7)10-13(2,3)4/h11H,9-10H2,1-8H3,(H,16,17)(H,18,19,20). The van der Waals surface area contributed by atoms with Gasteiger partial charge in [-0.15, -0.1) is 0 Å². The van der Waals surface area contributed by atoms with Gasteiger partial charge in [0.25, 0.3) is 10.1 Å². The zero-order valence-electron chi connectivity index (χ0n) is 14.6. The van der Waals surface area contributed by atoms with Gasteiger partial charge in [0.15, 0.2) is 0 Å². The maximum atomic E-state index is 12.7. The first-order valence-corrected chi connectivity index (χ1v) is 8.85. The second-order valence-electron chi connectivity index (χ2n) is 8.44. The molecule has 126 valence electrons. The fraction of sp³-hybridized carbons (Fsp3) is 0.933. The average Bonchev–Trinajstić information content (AvgIpc) is 2.08. The van der Waals surface area contributed by atoms with E-state index in [1.54, 1.807) is 6.92 Å². The zero-order chi connectivity index (χ0) is 17.3. The summed E-state index contributed by atoms with van der Waals surface area (Å²) in [5, 5.41) is 2.73. The smallest absolute Gasteiger partial charge is 0.266 e. The molecule has 0 aromatic heterocycles. The maximum absolute atomic E-state index is 12.7. The first kappa shape index (κ1) is 20.4. The highest BCUT2D eigenvalue weighted by Crippen LogP contribution is 2.46. The summed E-state index contributed by atoms with van der Waals surface area (Å²) in [6.07, 6.45) is 0.675. The molecule has 2 N–H and O–H groups in total. The fourth-order valence-corrected chi connectivity index (χ4v) is 3.20. The van der Waals surface area contributed by atoms with Gasteiger partial charge in [-0.05, 0) is 24.2 Å². The number of hydrogen-bond donors (Lipinski definition) is 2. The molecule has 5 nitrogen and oxygen atoms in total. The lowest BCUT2D eigenvalue weighted by atomic mass is 9.60. The Hall–Kier alpha value is -0.620. The second kappa shape index (κ2) is 6.24. The van der Waals surface area contributed by atoms with Gasteiger partial charge >= 0.3 is 0 Å². The van der Waals surface area contributed by atoms with E-state index in [-0.39, 0.29) is 16.7 Å². The number of carbonyl (C=O) groups excluding carboxylic acids is 1. The van der Waals surface area contributed by atoms with Gasteiger partial charge in [0.1, 0.15) is 0 Å². The third-order valence-corrected chi connectivity index (χ3v) is 4.80. The van der Waals surface area contributed by atoms with E-state index in [4.69, 9.17) is 4.55 Å². The predicted octanol–water partition coefficient (Wildman–Crippen LogP) is 2.87. The lowest BCUT2D eigenvalue weighted by molar-refractivity contribution is -0.139. The van der Waals surface area contributed by atoms with Crippen LogP contribution < -0.4 is 5.32 Å². The molecule has 0 fully saturated rings. The van der Waals surface area contributed by atoms with Gasteiger partial charge in [-0.1, -0.05) is 48.5 Å². The summed E-state index contributed by atoms with van der Waals surface area (Å²) < 4.78 is 30.7. The molecule has 2 atom stereocenters. The van der Waals surface area contributed by atoms with Crippen molar-refractivity contribution in [2.24, 2.45) is 16.2 Å². The van der Waals surface area contributed by atoms with E-state index in [0.717, 1.165) is 0 Å². The molecule has 6 heteroatoms. The van der Waals surface area contributed by atoms with E-state index in [2.05, 4.69) is 26.1 Å². The van der Waals surface area contributed by atoms with Crippen molar-refractivity contribution in [1.82, 2.24) is 5.32 Å². The molecular formula is C15H31NO4S. The van der Waals surface area contributed by atoms with Gasteiger partial charge in [0.05, 0.1) is 11.2 Å². The van der Waals surface area contributed by atoms with Crippen molar-refractivity contribution in [3.63, 3.8) is 0 Å². The summed E-state index contributed by atoms with van der Waals surface area (Å²) in [5.74, 6) is -0.657. The molecule has 0 radical (unpaired) electrons. The molecule has 0 bridgehead atoms. The van der Waals surface area contributed by atoms with Crippen LogP contribution in [0.4, 0.5) is 0 Å². The zero-order valence-corrected chi connectivity index (χ0v) is 15.4. The molecule has 0 aliphatic heterocycles. The molecular weight excluding hydrogens is 290 g/mol. The Kier molecular flexibility index (Phi) is 6.06. The van der Waals surface area contributed by atoms with Crippen LogP contribution in [-0.4, -0.2) is 30.7 Å². The summed E-state index contributed by atoms with van der Waals surface area (Å²) in [6.45, 7) is 15.7. The molecule has 0 aromatic rings. The number of carbonyl (C=O) groups is 1. The second-order valence-corrected chi connectivity index (χ2v) is 9.94. The molecule has 0 saturated heterocycles. The molecule has 0 rings (SSSR count). The van der Waals surface area contributed by atoms with E-state index in [1.807, 2.05) is 27.7 Å². The topological polar surface area (TPSA) is 83.5 Å². The molecule has 21 heavy (non-hydrogen) atoms. The van der Waals surface area contributed by atoms with Crippen molar-refractivity contribution >= 4 is 16.0 Å². The summed E-state index contributed by atoms with van der Waals surface area (Å²) in [5.41, 5.74) is -0.952. The van der Waals surface area contributed by atoms with Gasteiger partial charge in [-0.3, -0.25) is 9.35 Å². The minimum absolute atomic E-state index is 0.0360.